The summed E-state index contributed by atoms with van der Waals surface area (Å²) in [7, 11) is 0. The molecule has 0 aromatic carbocycles. The van der Waals surface area contributed by atoms with E-state index in [4.69, 9.17) is 21.1 Å². The van der Waals surface area contributed by atoms with Crippen LogP contribution in [0.15, 0.2) is 0 Å². The Morgan fingerprint density at radius 3 is 2.71 bits per heavy atom. The Morgan fingerprint density at radius 1 is 1.14 bits per heavy atom. The van der Waals surface area contributed by atoms with E-state index in [1.807, 2.05) is 6.92 Å². The van der Waals surface area contributed by atoms with Crippen molar-refractivity contribution < 1.29 is 9.47 Å². The average Bonchev–Trinajstić information content (AvgIpc) is 2.50. The SMILES string of the molecule is CCCOc1nc(Cl)nc(NCCOC2CCCCC2)n1. The molecule has 0 aliphatic heterocycles. The third-order valence-electron chi connectivity index (χ3n) is 3.31. The second-order valence-corrected chi connectivity index (χ2v) is 5.45. The highest BCUT2D eigenvalue weighted by atomic mass is 35.5. The van der Waals surface area contributed by atoms with E-state index in [0.29, 0.717) is 31.8 Å². The van der Waals surface area contributed by atoms with E-state index in [9.17, 15) is 0 Å². The molecule has 0 spiro atoms. The van der Waals surface area contributed by atoms with Gasteiger partial charge in [0.2, 0.25) is 11.2 Å². The number of hydrogen-bond acceptors (Lipinski definition) is 6. The van der Waals surface area contributed by atoms with Crippen LogP contribution < -0.4 is 10.1 Å². The summed E-state index contributed by atoms with van der Waals surface area (Å²) in [4.78, 5) is 12.1. The quantitative estimate of drug-likeness (QED) is 0.744. The molecule has 0 unspecified atom stereocenters. The molecule has 21 heavy (non-hydrogen) atoms. The topological polar surface area (TPSA) is 69.2 Å². The minimum atomic E-state index is 0.131. The molecule has 0 amide bonds. The third kappa shape index (κ3) is 6.01. The van der Waals surface area contributed by atoms with E-state index in [1.165, 1.54) is 32.1 Å². The van der Waals surface area contributed by atoms with Gasteiger partial charge in [-0.1, -0.05) is 26.2 Å². The lowest BCUT2D eigenvalue weighted by Crippen LogP contribution is -2.21. The summed E-state index contributed by atoms with van der Waals surface area (Å²) in [6, 6.07) is 0.257. The van der Waals surface area contributed by atoms with Crippen molar-refractivity contribution in [2.45, 2.75) is 51.6 Å². The Kier molecular flexibility index (Phi) is 6.95. The summed E-state index contributed by atoms with van der Waals surface area (Å²) in [5.41, 5.74) is 0. The zero-order chi connectivity index (χ0) is 14.9. The van der Waals surface area contributed by atoms with Crippen LogP contribution in [0.4, 0.5) is 5.95 Å². The highest BCUT2D eigenvalue weighted by Crippen LogP contribution is 2.20. The first-order chi connectivity index (χ1) is 10.3. The molecule has 1 N–H and O–H groups in total. The summed E-state index contributed by atoms with van der Waals surface area (Å²) >= 11 is 5.85. The third-order valence-corrected chi connectivity index (χ3v) is 3.48. The highest BCUT2D eigenvalue weighted by molar-refractivity contribution is 6.28. The number of anilines is 1. The zero-order valence-corrected chi connectivity index (χ0v) is 13.2. The lowest BCUT2D eigenvalue weighted by Gasteiger charge is -2.21. The van der Waals surface area contributed by atoms with Crippen molar-refractivity contribution >= 4 is 17.5 Å². The molecule has 0 saturated heterocycles. The molecule has 1 aliphatic rings. The Morgan fingerprint density at radius 2 is 1.95 bits per heavy atom. The van der Waals surface area contributed by atoms with Gasteiger partial charge in [-0.05, 0) is 30.9 Å². The normalized spacial score (nSPS) is 15.9. The Bertz CT molecular complexity index is 427. The van der Waals surface area contributed by atoms with Gasteiger partial charge in [0.25, 0.3) is 0 Å². The fourth-order valence-electron chi connectivity index (χ4n) is 2.29. The molecule has 1 heterocycles. The van der Waals surface area contributed by atoms with E-state index in [1.54, 1.807) is 0 Å². The number of nitrogens with one attached hydrogen (secondary N) is 1. The van der Waals surface area contributed by atoms with Crippen LogP contribution in [0.2, 0.25) is 5.28 Å². The van der Waals surface area contributed by atoms with Crippen LogP contribution in [-0.2, 0) is 4.74 Å². The number of ether oxygens (including phenoxy) is 2. The van der Waals surface area contributed by atoms with Crippen LogP contribution in [0.1, 0.15) is 45.4 Å². The fourth-order valence-corrected chi connectivity index (χ4v) is 2.44. The van der Waals surface area contributed by atoms with Crippen molar-refractivity contribution in [1.82, 2.24) is 15.0 Å². The van der Waals surface area contributed by atoms with Crippen LogP contribution in [0.5, 0.6) is 6.01 Å². The van der Waals surface area contributed by atoms with Crippen LogP contribution in [0.3, 0.4) is 0 Å². The largest absolute Gasteiger partial charge is 0.463 e. The Hall–Kier alpha value is -1.14. The van der Waals surface area contributed by atoms with Crippen molar-refractivity contribution in [3.8, 4) is 6.01 Å². The molecular weight excluding hydrogens is 292 g/mol. The van der Waals surface area contributed by atoms with Gasteiger partial charge in [-0.25, -0.2) is 0 Å². The number of aromatic nitrogens is 3. The van der Waals surface area contributed by atoms with E-state index in [2.05, 4.69) is 20.3 Å². The summed E-state index contributed by atoms with van der Waals surface area (Å²) in [5, 5.41) is 3.22. The monoisotopic (exact) mass is 314 g/mol. The molecule has 1 aromatic rings. The second kappa shape index (κ2) is 9.00. The molecule has 1 aliphatic carbocycles. The summed E-state index contributed by atoms with van der Waals surface area (Å²) < 4.78 is 11.2. The Labute approximate surface area is 130 Å². The van der Waals surface area contributed by atoms with Gasteiger partial charge in [-0.15, -0.1) is 0 Å². The van der Waals surface area contributed by atoms with Gasteiger partial charge in [-0.3, -0.25) is 0 Å². The summed E-state index contributed by atoms with van der Waals surface area (Å²) in [6.07, 6.45) is 7.53. The van der Waals surface area contributed by atoms with Crippen molar-refractivity contribution in [3.63, 3.8) is 0 Å². The average molecular weight is 315 g/mol. The molecule has 1 aromatic heterocycles. The molecule has 1 fully saturated rings. The van der Waals surface area contributed by atoms with E-state index >= 15 is 0 Å². The van der Waals surface area contributed by atoms with Crippen LogP contribution in [0, 0.1) is 0 Å². The minimum absolute atomic E-state index is 0.131. The van der Waals surface area contributed by atoms with Crippen LogP contribution >= 0.6 is 11.6 Å². The lowest BCUT2D eigenvalue weighted by atomic mass is 9.98. The number of halogens is 1. The van der Waals surface area contributed by atoms with Gasteiger partial charge in [0.1, 0.15) is 0 Å². The maximum absolute atomic E-state index is 5.85. The van der Waals surface area contributed by atoms with Crippen molar-refractivity contribution in [1.29, 1.82) is 0 Å². The number of nitrogens with zero attached hydrogens (tertiary/aromatic N) is 3. The van der Waals surface area contributed by atoms with Gasteiger partial charge < -0.3 is 14.8 Å². The summed E-state index contributed by atoms with van der Waals surface area (Å²) in [5.74, 6) is 0.424. The molecule has 1 saturated carbocycles. The molecule has 7 heteroatoms. The Balaban J connectivity index is 1.72. The molecule has 118 valence electrons. The van der Waals surface area contributed by atoms with Gasteiger partial charge in [0, 0.05) is 6.54 Å². The maximum Gasteiger partial charge on any atom is 0.322 e. The van der Waals surface area contributed by atoms with E-state index in [0.717, 1.165) is 6.42 Å². The van der Waals surface area contributed by atoms with Gasteiger partial charge in [0.15, 0.2) is 0 Å². The van der Waals surface area contributed by atoms with Gasteiger partial charge in [0.05, 0.1) is 19.3 Å². The van der Waals surface area contributed by atoms with Crippen LogP contribution in [0.25, 0.3) is 0 Å². The first-order valence-corrected chi connectivity index (χ1v) is 8.05. The maximum atomic E-state index is 5.85. The number of hydrogen-bond donors (Lipinski definition) is 1. The highest BCUT2D eigenvalue weighted by Gasteiger charge is 2.13. The standard InChI is InChI=1S/C14H23ClN4O2/c1-2-9-21-14-18-12(15)17-13(19-14)16-8-10-20-11-6-4-3-5-7-11/h11H,2-10H2,1H3,(H,16,17,18,19). The predicted octanol–water partition coefficient (Wildman–Crippen LogP) is 3.08. The molecule has 6 nitrogen and oxygen atoms in total. The van der Waals surface area contributed by atoms with E-state index in [-0.39, 0.29) is 11.3 Å². The minimum Gasteiger partial charge on any atom is -0.463 e. The van der Waals surface area contributed by atoms with Gasteiger partial charge >= 0.3 is 6.01 Å². The first-order valence-electron chi connectivity index (χ1n) is 7.67. The smallest absolute Gasteiger partial charge is 0.322 e. The predicted molar refractivity (Wildman–Crippen MR) is 81.9 cm³/mol. The molecule has 0 bridgehead atoms. The van der Waals surface area contributed by atoms with Crippen molar-refractivity contribution in [2.24, 2.45) is 0 Å². The zero-order valence-electron chi connectivity index (χ0n) is 12.5. The molecule has 0 atom stereocenters. The second-order valence-electron chi connectivity index (χ2n) is 5.12. The summed E-state index contributed by atoms with van der Waals surface area (Å²) in [6.45, 7) is 3.86. The molecule has 0 radical (unpaired) electrons. The van der Waals surface area contributed by atoms with Crippen LogP contribution in [-0.4, -0.2) is 40.8 Å². The van der Waals surface area contributed by atoms with Crippen molar-refractivity contribution in [3.05, 3.63) is 5.28 Å². The lowest BCUT2D eigenvalue weighted by molar-refractivity contribution is 0.0347. The molecular formula is C14H23ClN4O2. The van der Waals surface area contributed by atoms with Crippen molar-refractivity contribution in [2.75, 3.05) is 25.1 Å². The van der Waals surface area contributed by atoms with E-state index < -0.39 is 0 Å². The number of rotatable bonds is 8. The van der Waals surface area contributed by atoms with Gasteiger partial charge in [-0.2, -0.15) is 15.0 Å². The molecule has 2 rings (SSSR count). The fraction of sp³-hybridized carbons (Fsp3) is 0.786. The first kappa shape index (κ1) is 16.2.